The van der Waals surface area contributed by atoms with Gasteiger partial charge >= 0.3 is 0 Å². The number of fused-ring (bicyclic) bond motifs is 3. The Morgan fingerprint density at radius 2 is 2.00 bits per heavy atom. The van der Waals surface area contributed by atoms with Gasteiger partial charge < -0.3 is 19.9 Å². The molecule has 7 heteroatoms. The Hall–Kier alpha value is -3.19. The van der Waals surface area contributed by atoms with Crippen molar-refractivity contribution in [1.29, 1.82) is 0 Å². The van der Waals surface area contributed by atoms with E-state index in [-0.39, 0.29) is 23.6 Å². The Morgan fingerprint density at radius 1 is 1.21 bits per heavy atom. The third-order valence-corrected chi connectivity index (χ3v) is 5.82. The van der Waals surface area contributed by atoms with Crippen molar-refractivity contribution >= 4 is 28.3 Å². The zero-order valence-electron chi connectivity index (χ0n) is 16.1. The largest absolute Gasteiger partial charge is 0.377 e. The Balaban J connectivity index is 1.46. The Kier molecular flexibility index (Phi) is 4.32. The summed E-state index contributed by atoms with van der Waals surface area (Å²) >= 11 is 0. The van der Waals surface area contributed by atoms with E-state index in [1.807, 2.05) is 25.1 Å². The van der Waals surface area contributed by atoms with E-state index >= 15 is 0 Å². The summed E-state index contributed by atoms with van der Waals surface area (Å²) in [6.45, 7) is 3.24. The van der Waals surface area contributed by atoms with Crippen LogP contribution in [-0.2, 0) is 4.74 Å². The molecule has 2 N–H and O–H groups in total. The monoisotopic (exact) mass is 390 g/mol. The average molecular weight is 390 g/mol. The third kappa shape index (κ3) is 3.17. The van der Waals surface area contributed by atoms with Gasteiger partial charge in [-0.3, -0.25) is 9.59 Å². The second kappa shape index (κ2) is 7.00. The van der Waals surface area contributed by atoms with Crippen LogP contribution in [0.5, 0.6) is 0 Å². The van der Waals surface area contributed by atoms with E-state index in [9.17, 15) is 9.59 Å². The number of nitrogens with zero attached hydrogens (tertiary/aromatic N) is 2. The van der Waals surface area contributed by atoms with Crippen molar-refractivity contribution in [1.82, 2.24) is 9.97 Å². The number of carbonyl (C=O) groups is 1. The van der Waals surface area contributed by atoms with Crippen LogP contribution in [0.3, 0.4) is 0 Å². The summed E-state index contributed by atoms with van der Waals surface area (Å²) in [6, 6.07) is 11.2. The van der Waals surface area contributed by atoms with Crippen molar-refractivity contribution in [2.45, 2.75) is 31.8 Å². The molecule has 1 amide bonds. The van der Waals surface area contributed by atoms with Gasteiger partial charge in [0.15, 0.2) is 0 Å². The van der Waals surface area contributed by atoms with E-state index < -0.39 is 0 Å². The lowest BCUT2D eigenvalue weighted by Gasteiger charge is -2.36. The number of hydrogen-bond donors (Lipinski definition) is 2. The molecule has 0 spiro atoms. The third-order valence-electron chi connectivity index (χ3n) is 5.82. The lowest BCUT2D eigenvalue weighted by atomic mass is 10.1. The smallest absolute Gasteiger partial charge is 0.259 e. The molecule has 2 bridgehead atoms. The minimum Gasteiger partial charge on any atom is -0.377 e. The first-order chi connectivity index (χ1) is 14.1. The first kappa shape index (κ1) is 17.9. The molecule has 2 aliphatic rings. The lowest BCUT2D eigenvalue weighted by Crippen LogP contribution is -2.47. The van der Waals surface area contributed by atoms with Crippen molar-refractivity contribution in [3.8, 4) is 0 Å². The molecular formula is C22H22N4O3. The minimum atomic E-state index is -0.194. The van der Waals surface area contributed by atoms with Crippen LogP contribution in [0.15, 0.2) is 47.4 Å². The van der Waals surface area contributed by atoms with E-state index in [2.05, 4.69) is 20.2 Å². The van der Waals surface area contributed by atoms with Gasteiger partial charge in [-0.1, -0.05) is 0 Å². The maximum atomic E-state index is 13.1. The van der Waals surface area contributed by atoms with Crippen LogP contribution in [0.25, 0.3) is 10.9 Å². The molecule has 5 rings (SSSR count). The van der Waals surface area contributed by atoms with Gasteiger partial charge in [-0.25, -0.2) is 4.98 Å². The number of aryl methyl sites for hydroxylation is 1. The number of benzene rings is 1. The summed E-state index contributed by atoms with van der Waals surface area (Å²) in [7, 11) is 0. The number of anilines is 2. The van der Waals surface area contributed by atoms with Gasteiger partial charge in [-0.2, -0.15) is 0 Å². The van der Waals surface area contributed by atoms with Gasteiger partial charge in [-0.05, 0) is 55.7 Å². The van der Waals surface area contributed by atoms with Crippen LogP contribution in [0, 0.1) is 6.92 Å². The molecule has 7 nitrogen and oxygen atoms in total. The van der Waals surface area contributed by atoms with Gasteiger partial charge in [0.2, 0.25) is 5.56 Å². The number of carbonyl (C=O) groups excluding carboxylic acids is 1. The molecule has 148 valence electrons. The Labute approximate surface area is 167 Å². The number of ether oxygens (including phenoxy) is 1. The summed E-state index contributed by atoms with van der Waals surface area (Å²) in [5.41, 5.74) is 2.72. The van der Waals surface area contributed by atoms with E-state index in [1.54, 1.807) is 24.4 Å². The maximum Gasteiger partial charge on any atom is 0.259 e. The fourth-order valence-electron chi connectivity index (χ4n) is 4.45. The molecule has 0 saturated carbocycles. The molecule has 29 heavy (non-hydrogen) atoms. The molecule has 0 radical (unpaired) electrons. The van der Waals surface area contributed by atoms with Crippen molar-refractivity contribution in [2.75, 3.05) is 23.4 Å². The second-order valence-corrected chi connectivity index (χ2v) is 7.74. The van der Waals surface area contributed by atoms with Crippen LogP contribution in [0.4, 0.5) is 11.5 Å². The van der Waals surface area contributed by atoms with E-state index in [0.29, 0.717) is 24.5 Å². The number of pyridine rings is 2. The Morgan fingerprint density at radius 3 is 2.79 bits per heavy atom. The predicted octanol–water partition coefficient (Wildman–Crippen LogP) is 2.85. The van der Waals surface area contributed by atoms with E-state index in [4.69, 9.17) is 4.74 Å². The van der Waals surface area contributed by atoms with Crippen molar-refractivity contribution in [2.24, 2.45) is 0 Å². The highest BCUT2D eigenvalue weighted by molar-refractivity contribution is 6.08. The topological polar surface area (TPSA) is 87.3 Å². The molecule has 2 atom stereocenters. The number of hydrogen-bond acceptors (Lipinski definition) is 5. The summed E-state index contributed by atoms with van der Waals surface area (Å²) in [4.78, 5) is 34.4. The van der Waals surface area contributed by atoms with Crippen LogP contribution >= 0.6 is 0 Å². The number of nitrogens with one attached hydrogen (secondary N) is 2. The van der Waals surface area contributed by atoms with Gasteiger partial charge in [0.25, 0.3) is 5.91 Å². The predicted molar refractivity (Wildman–Crippen MR) is 112 cm³/mol. The number of amides is 1. The van der Waals surface area contributed by atoms with Gasteiger partial charge in [0, 0.05) is 28.9 Å². The number of H-pyrrole nitrogens is 1. The molecule has 4 heterocycles. The standard InChI is InChI=1S/C22H22N4O3/c1-13-9-20(27)25-19-7-4-14(10-18(13)19)24-22(28)17-3-2-8-23-21(17)26-15-5-6-16(26)12-29-11-15/h2-4,7-10,15-16H,5-6,11-12H2,1H3,(H,24,28)(H,25,27). The second-order valence-electron chi connectivity index (χ2n) is 7.74. The van der Waals surface area contributed by atoms with Crippen LogP contribution in [-0.4, -0.2) is 41.2 Å². The van der Waals surface area contributed by atoms with Crippen molar-refractivity contribution in [3.05, 3.63) is 64.1 Å². The quantitative estimate of drug-likeness (QED) is 0.718. The highest BCUT2D eigenvalue weighted by Crippen LogP contribution is 2.34. The first-order valence-electron chi connectivity index (χ1n) is 9.86. The zero-order valence-corrected chi connectivity index (χ0v) is 16.1. The summed E-state index contributed by atoms with van der Waals surface area (Å²) < 4.78 is 5.67. The Bertz CT molecular complexity index is 1140. The molecule has 2 aliphatic heterocycles. The number of morpholine rings is 1. The summed E-state index contributed by atoms with van der Waals surface area (Å²) in [5, 5.41) is 3.90. The van der Waals surface area contributed by atoms with Crippen LogP contribution in [0.2, 0.25) is 0 Å². The highest BCUT2D eigenvalue weighted by atomic mass is 16.5. The van der Waals surface area contributed by atoms with Crippen molar-refractivity contribution < 1.29 is 9.53 Å². The molecule has 2 unspecified atom stereocenters. The SMILES string of the molecule is Cc1cc(=O)[nH]c2ccc(NC(=O)c3cccnc3N3C4CCC3COC4)cc12. The molecule has 2 saturated heterocycles. The van der Waals surface area contributed by atoms with E-state index in [1.165, 1.54) is 0 Å². The highest BCUT2D eigenvalue weighted by Gasteiger charge is 2.39. The van der Waals surface area contributed by atoms with Gasteiger partial charge in [0.05, 0.1) is 30.9 Å². The van der Waals surface area contributed by atoms with E-state index in [0.717, 1.165) is 35.1 Å². The summed E-state index contributed by atoms with van der Waals surface area (Å²) in [5.74, 6) is 0.530. The molecule has 2 fully saturated rings. The van der Waals surface area contributed by atoms with Gasteiger partial charge in [-0.15, -0.1) is 0 Å². The minimum absolute atomic E-state index is 0.132. The maximum absolute atomic E-state index is 13.1. The number of aromatic nitrogens is 2. The molecule has 0 aliphatic carbocycles. The number of aromatic amines is 1. The molecule has 2 aromatic heterocycles. The molecule has 3 aromatic rings. The molecule has 1 aromatic carbocycles. The average Bonchev–Trinajstić information content (AvgIpc) is 2.96. The number of rotatable bonds is 3. The van der Waals surface area contributed by atoms with Crippen LogP contribution < -0.4 is 15.8 Å². The van der Waals surface area contributed by atoms with Gasteiger partial charge in [0.1, 0.15) is 5.82 Å². The molecular weight excluding hydrogens is 368 g/mol. The zero-order chi connectivity index (χ0) is 20.0. The lowest BCUT2D eigenvalue weighted by molar-refractivity contribution is 0.0896. The first-order valence-corrected chi connectivity index (χ1v) is 9.86. The normalized spacial score (nSPS) is 20.8. The van der Waals surface area contributed by atoms with Crippen LogP contribution in [0.1, 0.15) is 28.8 Å². The fraction of sp³-hybridized carbons (Fsp3) is 0.318. The fourth-order valence-corrected chi connectivity index (χ4v) is 4.45. The summed E-state index contributed by atoms with van der Waals surface area (Å²) in [6.07, 6.45) is 3.85. The van der Waals surface area contributed by atoms with Crippen molar-refractivity contribution in [3.63, 3.8) is 0 Å².